The highest BCUT2D eigenvalue weighted by Crippen LogP contribution is 2.44. The number of benzene rings is 2. The van der Waals surface area contributed by atoms with E-state index >= 15 is 0 Å². The van der Waals surface area contributed by atoms with Crippen molar-refractivity contribution < 1.29 is 28.7 Å². The normalized spacial score (nSPS) is 20.3. The highest BCUT2D eigenvalue weighted by atomic mass is 28.4. The van der Waals surface area contributed by atoms with E-state index in [2.05, 4.69) is 0 Å². The third-order valence-electron chi connectivity index (χ3n) is 8.45. The monoisotopic (exact) mass is 566 g/mol. The second-order valence-electron chi connectivity index (χ2n) is 12.6. The summed E-state index contributed by atoms with van der Waals surface area (Å²) in [6, 6.07) is 18.6. The molecule has 0 aliphatic carbocycles. The zero-order valence-corrected chi connectivity index (χ0v) is 25.5. The number of likely N-dealkylation sites (tertiary alicyclic amines) is 2. The maximum Gasteiger partial charge on any atom is 0.411 e. The molecule has 2 atom stereocenters. The highest BCUT2D eigenvalue weighted by Gasteiger charge is 2.63. The fourth-order valence-corrected chi connectivity index (χ4v) is 9.97. The van der Waals surface area contributed by atoms with Gasteiger partial charge in [0.25, 0.3) is 14.2 Å². The number of hydrogen-bond donors (Lipinski definition) is 1. The van der Waals surface area contributed by atoms with Crippen LogP contribution in [0.1, 0.15) is 60.3 Å². The summed E-state index contributed by atoms with van der Waals surface area (Å²) in [6.07, 6.45) is 1.53. The summed E-state index contributed by atoms with van der Waals surface area (Å²) < 4.78 is 10.7. The van der Waals surface area contributed by atoms with E-state index in [0.717, 1.165) is 10.4 Å². The first-order valence-electron chi connectivity index (χ1n) is 14.0. The summed E-state index contributed by atoms with van der Waals surface area (Å²) in [5.41, 5.74) is -1.65. The van der Waals surface area contributed by atoms with Gasteiger partial charge in [0.05, 0.1) is 13.7 Å². The second kappa shape index (κ2) is 11.0. The summed E-state index contributed by atoms with van der Waals surface area (Å²) in [6.45, 7) is 10.2. The molecule has 2 aliphatic rings. The average molecular weight is 567 g/mol. The molecule has 2 heterocycles. The van der Waals surface area contributed by atoms with Crippen molar-refractivity contribution in [2.45, 2.75) is 82.5 Å². The van der Waals surface area contributed by atoms with Crippen molar-refractivity contribution in [3.63, 3.8) is 0 Å². The largest absolute Gasteiger partial charge is 0.467 e. The molecule has 0 bridgehead atoms. The number of rotatable bonds is 8. The Morgan fingerprint density at radius 1 is 1.00 bits per heavy atom. The summed E-state index contributed by atoms with van der Waals surface area (Å²) in [5.74, 6) is -0.742. The second-order valence-corrected chi connectivity index (χ2v) is 16.5. The SMILES string of the molecule is COC(=O)[C@H](CCC(C)(C)[Si](O)(c1ccccc1)c1ccccc1)N1CC2(CCCN2C(=O)OC(C)(C)C)C1=O. The standard InChI is InChI=1S/C31H42N2O6Si/c1-29(2,3)39-28(36)33-21-13-19-31(33)22-32(27(31)35)25(26(34)38-6)18-20-30(4,5)40(37,23-14-9-7-10-15-23)24-16-11-8-12-17-24/h7-12,14-17,25,37H,13,18-22H2,1-6H3/t25-,31?/m0/s1. The molecule has 2 aromatic rings. The van der Waals surface area contributed by atoms with Crippen LogP contribution in [0.2, 0.25) is 5.04 Å². The Bertz CT molecular complexity index is 1190. The predicted molar refractivity (Wildman–Crippen MR) is 156 cm³/mol. The Hall–Kier alpha value is -3.17. The minimum absolute atomic E-state index is 0.248. The van der Waals surface area contributed by atoms with Crippen LogP contribution >= 0.6 is 0 Å². The lowest BCUT2D eigenvalue weighted by molar-refractivity contribution is -0.173. The molecule has 2 aromatic carbocycles. The number of amides is 2. The van der Waals surface area contributed by atoms with Gasteiger partial charge in [-0.15, -0.1) is 0 Å². The van der Waals surface area contributed by atoms with Crippen molar-refractivity contribution >= 4 is 36.7 Å². The molecule has 1 unspecified atom stereocenters. The van der Waals surface area contributed by atoms with Gasteiger partial charge in [0, 0.05) is 6.54 Å². The van der Waals surface area contributed by atoms with Crippen LogP contribution in [0.15, 0.2) is 60.7 Å². The maximum atomic E-state index is 13.7. The topological polar surface area (TPSA) is 96.4 Å². The molecule has 4 rings (SSSR count). The van der Waals surface area contributed by atoms with Gasteiger partial charge in [-0.05, 0) is 61.9 Å². The van der Waals surface area contributed by atoms with E-state index in [1.54, 1.807) is 20.8 Å². The fourth-order valence-electron chi connectivity index (χ4n) is 6.22. The molecule has 2 saturated heterocycles. The molecule has 9 heteroatoms. The van der Waals surface area contributed by atoms with E-state index in [9.17, 15) is 19.2 Å². The molecule has 0 radical (unpaired) electrons. The van der Waals surface area contributed by atoms with Gasteiger partial charge in [0.15, 0.2) is 0 Å². The van der Waals surface area contributed by atoms with Crippen molar-refractivity contribution in [2.24, 2.45) is 0 Å². The van der Waals surface area contributed by atoms with Gasteiger partial charge < -0.3 is 19.2 Å². The molecule has 40 heavy (non-hydrogen) atoms. The fraction of sp³-hybridized carbons (Fsp3) is 0.516. The van der Waals surface area contributed by atoms with Crippen molar-refractivity contribution in [2.75, 3.05) is 20.2 Å². The van der Waals surface area contributed by atoms with Gasteiger partial charge in [-0.2, -0.15) is 0 Å². The first kappa shape index (κ1) is 29.8. The van der Waals surface area contributed by atoms with E-state index in [0.29, 0.717) is 32.2 Å². The number of esters is 1. The molecule has 1 N–H and O–H groups in total. The van der Waals surface area contributed by atoms with Crippen LogP contribution in [0.25, 0.3) is 0 Å². The van der Waals surface area contributed by atoms with Crippen LogP contribution in [-0.4, -0.2) is 78.3 Å². The molecule has 2 amide bonds. The predicted octanol–water partition coefficient (Wildman–Crippen LogP) is 3.45. The van der Waals surface area contributed by atoms with Gasteiger partial charge in [0.2, 0.25) is 0 Å². The lowest BCUT2D eigenvalue weighted by Crippen LogP contribution is -2.75. The van der Waals surface area contributed by atoms with Crippen LogP contribution in [0.4, 0.5) is 4.79 Å². The number of β-lactam (4-membered cyclic amide) rings is 1. The molecule has 0 saturated carbocycles. The number of nitrogens with zero attached hydrogens (tertiary/aromatic N) is 2. The van der Waals surface area contributed by atoms with Gasteiger partial charge in [0.1, 0.15) is 17.2 Å². The number of methoxy groups -OCH3 is 1. The quantitative estimate of drug-likeness (QED) is 0.299. The Morgan fingerprint density at radius 3 is 2.02 bits per heavy atom. The summed E-state index contributed by atoms with van der Waals surface area (Å²) in [7, 11) is -1.97. The molecule has 0 aromatic heterocycles. The number of carbonyl (C=O) groups is 3. The van der Waals surface area contributed by atoms with E-state index < -0.39 is 42.6 Å². The van der Waals surface area contributed by atoms with Crippen LogP contribution in [0.3, 0.4) is 0 Å². The molecular formula is C31H42N2O6Si. The summed E-state index contributed by atoms with van der Waals surface area (Å²) >= 11 is 0. The van der Waals surface area contributed by atoms with Gasteiger partial charge in [-0.25, -0.2) is 9.59 Å². The van der Waals surface area contributed by atoms with Gasteiger partial charge in [-0.1, -0.05) is 74.5 Å². The molecule has 8 nitrogen and oxygen atoms in total. The van der Waals surface area contributed by atoms with Crippen LogP contribution < -0.4 is 10.4 Å². The van der Waals surface area contributed by atoms with E-state index in [4.69, 9.17) is 9.47 Å². The van der Waals surface area contributed by atoms with Crippen LogP contribution in [0, 0.1) is 0 Å². The zero-order chi connectivity index (χ0) is 29.3. The first-order chi connectivity index (χ1) is 18.8. The first-order valence-corrected chi connectivity index (χ1v) is 15.9. The van der Waals surface area contributed by atoms with E-state index in [1.807, 2.05) is 74.5 Å². The average Bonchev–Trinajstić information content (AvgIpc) is 3.39. The van der Waals surface area contributed by atoms with Crippen molar-refractivity contribution in [1.29, 1.82) is 0 Å². The third-order valence-corrected chi connectivity index (χ3v) is 13.0. The Labute approximate surface area is 238 Å². The lowest BCUT2D eigenvalue weighted by atomic mass is 9.83. The van der Waals surface area contributed by atoms with Crippen LogP contribution in [-0.2, 0) is 19.1 Å². The molecule has 216 valence electrons. The molecule has 1 spiro atoms. The summed E-state index contributed by atoms with van der Waals surface area (Å²) in [4.78, 5) is 55.3. The van der Waals surface area contributed by atoms with Crippen molar-refractivity contribution in [3.05, 3.63) is 60.7 Å². The van der Waals surface area contributed by atoms with E-state index in [-0.39, 0.29) is 12.5 Å². The molecule has 2 fully saturated rings. The number of ether oxygens (including phenoxy) is 2. The van der Waals surface area contributed by atoms with Gasteiger partial charge >= 0.3 is 12.1 Å². The molecule has 2 aliphatic heterocycles. The minimum Gasteiger partial charge on any atom is -0.467 e. The Kier molecular flexibility index (Phi) is 8.20. The number of carbonyl (C=O) groups excluding carboxylic acids is 3. The zero-order valence-electron chi connectivity index (χ0n) is 24.5. The van der Waals surface area contributed by atoms with E-state index in [1.165, 1.54) is 16.9 Å². The number of hydrogen-bond acceptors (Lipinski definition) is 6. The smallest absolute Gasteiger partial charge is 0.411 e. The van der Waals surface area contributed by atoms with Crippen molar-refractivity contribution in [1.82, 2.24) is 9.80 Å². The van der Waals surface area contributed by atoms with Crippen LogP contribution in [0.5, 0.6) is 0 Å². The molecular weight excluding hydrogens is 524 g/mol. The maximum absolute atomic E-state index is 13.7. The van der Waals surface area contributed by atoms with Gasteiger partial charge in [-0.3, -0.25) is 9.69 Å². The third kappa shape index (κ3) is 5.29. The summed E-state index contributed by atoms with van der Waals surface area (Å²) in [5, 5.41) is 1.18. The highest BCUT2D eigenvalue weighted by molar-refractivity contribution is 6.98. The van der Waals surface area contributed by atoms with Crippen molar-refractivity contribution in [3.8, 4) is 0 Å². The minimum atomic E-state index is -3.29. The Balaban J connectivity index is 1.57. The lowest BCUT2D eigenvalue weighted by Gasteiger charge is -2.53. The Morgan fingerprint density at radius 2 is 1.55 bits per heavy atom.